The summed E-state index contributed by atoms with van der Waals surface area (Å²) < 4.78 is 7.16. The number of aliphatic hydroxyl groups excluding tert-OH is 1. The van der Waals surface area contributed by atoms with Gasteiger partial charge < -0.3 is 14.7 Å². The first-order chi connectivity index (χ1) is 11.1. The molecule has 0 aromatic carbocycles. The van der Waals surface area contributed by atoms with Crippen molar-refractivity contribution in [3.05, 3.63) is 18.0 Å². The average Bonchev–Trinajstić information content (AvgIpc) is 3.11. The Bertz CT molecular complexity index is 545. The first kappa shape index (κ1) is 16.4. The number of carbonyl (C=O) groups is 1. The number of rotatable bonds is 3. The Morgan fingerprint density at radius 2 is 2.13 bits per heavy atom. The van der Waals surface area contributed by atoms with Crippen LogP contribution in [-0.2, 0) is 4.74 Å². The third kappa shape index (κ3) is 3.57. The summed E-state index contributed by atoms with van der Waals surface area (Å²) in [4.78, 5) is 16.8. The van der Waals surface area contributed by atoms with Gasteiger partial charge in [-0.25, -0.2) is 0 Å². The van der Waals surface area contributed by atoms with Crippen LogP contribution in [0.5, 0.6) is 0 Å². The molecule has 2 saturated heterocycles. The van der Waals surface area contributed by atoms with Crippen LogP contribution in [-0.4, -0.2) is 82.1 Å². The number of ether oxygens (including phenoxy) is 1. The quantitative estimate of drug-likeness (QED) is 0.871. The van der Waals surface area contributed by atoms with Crippen LogP contribution in [0.25, 0.3) is 0 Å². The molecule has 1 amide bonds. The van der Waals surface area contributed by atoms with E-state index in [1.165, 1.54) is 0 Å². The Morgan fingerprint density at radius 1 is 1.30 bits per heavy atom. The molecule has 3 rings (SSSR count). The average molecular weight is 322 g/mol. The van der Waals surface area contributed by atoms with Gasteiger partial charge >= 0.3 is 0 Å². The summed E-state index contributed by atoms with van der Waals surface area (Å²) in [5.74, 6) is 0.0435. The highest BCUT2D eigenvalue weighted by atomic mass is 16.5. The van der Waals surface area contributed by atoms with Crippen LogP contribution in [0.4, 0.5) is 0 Å². The number of aliphatic hydroxyl groups is 1. The number of amides is 1. The lowest BCUT2D eigenvalue weighted by Gasteiger charge is -2.28. The van der Waals surface area contributed by atoms with Gasteiger partial charge in [-0.15, -0.1) is 0 Å². The van der Waals surface area contributed by atoms with Crippen molar-refractivity contribution in [2.24, 2.45) is 0 Å². The summed E-state index contributed by atoms with van der Waals surface area (Å²) in [5, 5.41) is 14.2. The largest absolute Gasteiger partial charge is 0.389 e. The van der Waals surface area contributed by atoms with Crippen molar-refractivity contribution in [3.8, 4) is 0 Å². The second-order valence-corrected chi connectivity index (χ2v) is 6.66. The van der Waals surface area contributed by atoms with E-state index in [4.69, 9.17) is 4.74 Å². The second kappa shape index (κ2) is 6.98. The maximum Gasteiger partial charge on any atom is 0.257 e. The molecule has 0 saturated carbocycles. The summed E-state index contributed by atoms with van der Waals surface area (Å²) in [6.45, 7) is 8.16. The lowest BCUT2D eigenvalue weighted by Crippen LogP contribution is -2.45. The molecule has 2 aliphatic heterocycles. The highest BCUT2D eigenvalue weighted by molar-refractivity contribution is 5.93. The maximum atomic E-state index is 12.7. The van der Waals surface area contributed by atoms with Crippen molar-refractivity contribution < 1.29 is 14.6 Å². The molecule has 128 valence electrons. The second-order valence-electron chi connectivity index (χ2n) is 6.66. The van der Waals surface area contributed by atoms with E-state index in [1.54, 1.807) is 6.20 Å². The first-order valence-corrected chi connectivity index (χ1v) is 8.39. The Morgan fingerprint density at radius 3 is 2.78 bits per heavy atom. The summed E-state index contributed by atoms with van der Waals surface area (Å²) >= 11 is 0. The molecule has 23 heavy (non-hydrogen) atoms. The van der Waals surface area contributed by atoms with Gasteiger partial charge in [-0.1, -0.05) is 0 Å². The fourth-order valence-corrected chi connectivity index (χ4v) is 3.27. The Labute approximate surface area is 136 Å². The van der Waals surface area contributed by atoms with Crippen LogP contribution in [0.3, 0.4) is 0 Å². The third-order valence-electron chi connectivity index (χ3n) is 4.69. The van der Waals surface area contributed by atoms with Crippen LogP contribution in [0, 0.1) is 0 Å². The van der Waals surface area contributed by atoms with E-state index >= 15 is 0 Å². The molecule has 0 radical (unpaired) electrons. The highest BCUT2D eigenvalue weighted by Gasteiger charge is 2.33. The number of hydrogen-bond acceptors (Lipinski definition) is 5. The zero-order valence-corrected chi connectivity index (χ0v) is 13.9. The summed E-state index contributed by atoms with van der Waals surface area (Å²) in [6, 6.07) is 0.314. The van der Waals surface area contributed by atoms with Gasteiger partial charge in [0.15, 0.2) is 0 Å². The molecular weight excluding hydrogens is 296 g/mol. The van der Waals surface area contributed by atoms with E-state index in [2.05, 4.69) is 10.00 Å². The van der Waals surface area contributed by atoms with E-state index < -0.39 is 6.10 Å². The SMILES string of the molecule is CC(C)n1cc(C(=O)N2CCCN([C@@H]3COC[C@H]3O)CC2)cn1. The van der Waals surface area contributed by atoms with Gasteiger partial charge in [-0.2, -0.15) is 5.10 Å². The van der Waals surface area contributed by atoms with Crippen molar-refractivity contribution >= 4 is 5.91 Å². The Balaban J connectivity index is 1.61. The highest BCUT2D eigenvalue weighted by Crippen LogP contribution is 2.17. The molecule has 0 aliphatic carbocycles. The number of aromatic nitrogens is 2. The van der Waals surface area contributed by atoms with E-state index in [1.807, 2.05) is 29.6 Å². The minimum atomic E-state index is -0.415. The summed E-state index contributed by atoms with van der Waals surface area (Å²) in [6.07, 6.45) is 3.97. The molecule has 0 unspecified atom stereocenters. The molecule has 3 heterocycles. The number of carbonyl (C=O) groups excluding carboxylic acids is 1. The fourth-order valence-electron chi connectivity index (χ4n) is 3.27. The standard InChI is InChI=1S/C16H26N4O3/c1-12(2)20-9-13(8-17-20)16(22)19-5-3-4-18(6-7-19)14-10-23-11-15(14)21/h8-9,12,14-15,21H,3-7,10-11H2,1-2H3/t14-,15-/m1/s1. The molecule has 1 N–H and O–H groups in total. The summed E-state index contributed by atoms with van der Waals surface area (Å²) in [5.41, 5.74) is 0.649. The van der Waals surface area contributed by atoms with Crippen LogP contribution in [0.15, 0.2) is 12.4 Å². The van der Waals surface area contributed by atoms with Crippen LogP contribution >= 0.6 is 0 Å². The zero-order chi connectivity index (χ0) is 16.4. The van der Waals surface area contributed by atoms with Crippen molar-refractivity contribution in [2.45, 2.75) is 38.5 Å². The lowest BCUT2D eigenvalue weighted by molar-refractivity contribution is 0.0725. The molecule has 0 spiro atoms. The van der Waals surface area contributed by atoms with Gasteiger partial charge in [0.05, 0.1) is 37.1 Å². The van der Waals surface area contributed by atoms with Gasteiger partial charge in [-0.3, -0.25) is 14.4 Å². The Kier molecular flexibility index (Phi) is 4.99. The number of hydrogen-bond donors (Lipinski definition) is 1. The van der Waals surface area contributed by atoms with E-state index in [0.29, 0.717) is 25.3 Å². The van der Waals surface area contributed by atoms with Crippen LogP contribution < -0.4 is 0 Å². The van der Waals surface area contributed by atoms with Crippen molar-refractivity contribution in [3.63, 3.8) is 0 Å². The van der Waals surface area contributed by atoms with Gasteiger partial charge in [0.25, 0.3) is 5.91 Å². The van der Waals surface area contributed by atoms with Crippen molar-refractivity contribution in [1.29, 1.82) is 0 Å². The van der Waals surface area contributed by atoms with Crippen LogP contribution in [0.2, 0.25) is 0 Å². The first-order valence-electron chi connectivity index (χ1n) is 8.39. The molecule has 2 fully saturated rings. The van der Waals surface area contributed by atoms with Crippen LogP contribution in [0.1, 0.15) is 36.7 Å². The molecule has 7 heteroatoms. The zero-order valence-electron chi connectivity index (χ0n) is 13.9. The monoisotopic (exact) mass is 322 g/mol. The van der Waals surface area contributed by atoms with Gasteiger partial charge in [0.1, 0.15) is 0 Å². The van der Waals surface area contributed by atoms with Gasteiger partial charge in [0, 0.05) is 38.4 Å². The Hall–Kier alpha value is -1.44. The summed E-state index contributed by atoms with van der Waals surface area (Å²) in [7, 11) is 0. The fraction of sp³-hybridized carbons (Fsp3) is 0.750. The normalized spacial score (nSPS) is 26.7. The van der Waals surface area contributed by atoms with E-state index in [0.717, 1.165) is 26.1 Å². The molecule has 1 aromatic heterocycles. The maximum absolute atomic E-state index is 12.7. The third-order valence-corrected chi connectivity index (χ3v) is 4.69. The molecule has 2 atom stereocenters. The topological polar surface area (TPSA) is 70.8 Å². The molecule has 1 aromatic rings. The molecule has 0 bridgehead atoms. The molecular formula is C16H26N4O3. The van der Waals surface area contributed by atoms with Crippen molar-refractivity contribution in [2.75, 3.05) is 39.4 Å². The van der Waals surface area contributed by atoms with E-state index in [9.17, 15) is 9.90 Å². The van der Waals surface area contributed by atoms with Crippen molar-refractivity contribution in [1.82, 2.24) is 19.6 Å². The van der Waals surface area contributed by atoms with Gasteiger partial charge in [-0.05, 0) is 20.3 Å². The number of nitrogens with zero attached hydrogens (tertiary/aromatic N) is 4. The smallest absolute Gasteiger partial charge is 0.257 e. The molecule has 2 aliphatic rings. The predicted molar refractivity (Wildman–Crippen MR) is 85.3 cm³/mol. The minimum absolute atomic E-state index is 0.0435. The predicted octanol–water partition coefficient (Wildman–Crippen LogP) is 0.372. The minimum Gasteiger partial charge on any atom is -0.389 e. The van der Waals surface area contributed by atoms with E-state index in [-0.39, 0.29) is 18.0 Å². The lowest BCUT2D eigenvalue weighted by atomic mass is 10.2. The molecule has 7 nitrogen and oxygen atoms in total. The van der Waals surface area contributed by atoms with Gasteiger partial charge in [0.2, 0.25) is 0 Å².